The van der Waals surface area contributed by atoms with E-state index >= 15 is 0 Å². The summed E-state index contributed by atoms with van der Waals surface area (Å²) >= 11 is 5.69. The zero-order valence-corrected chi connectivity index (χ0v) is 10.9. The lowest BCUT2D eigenvalue weighted by Crippen LogP contribution is -2.07. The fourth-order valence-electron chi connectivity index (χ4n) is 1.89. The van der Waals surface area contributed by atoms with Gasteiger partial charge in [0.05, 0.1) is 16.6 Å². The lowest BCUT2D eigenvalue weighted by atomic mass is 10.1. The van der Waals surface area contributed by atoms with Crippen LogP contribution in [0.2, 0.25) is 5.02 Å². The Morgan fingerprint density at radius 1 is 1.16 bits per heavy atom. The van der Waals surface area contributed by atoms with Crippen LogP contribution in [0.3, 0.4) is 0 Å². The molecule has 3 nitrogen and oxygen atoms in total. The molecule has 19 heavy (non-hydrogen) atoms. The summed E-state index contributed by atoms with van der Waals surface area (Å²) in [4.78, 5) is 0. The summed E-state index contributed by atoms with van der Waals surface area (Å²) in [6.07, 6.45) is 0. The Morgan fingerprint density at radius 2 is 1.79 bits per heavy atom. The van der Waals surface area contributed by atoms with Crippen LogP contribution in [0.25, 0.3) is 0 Å². The van der Waals surface area contributed by atoms with Crippen LogP contribution in [0, 0.1) is 5.82 Å². The van der Waals surface area contributed by atoms with Gasteiger partial charge in [0.15, 0.2) is 0 Å². The minimum Gasteiger partial charge on any atom is -0.507 e. The highest BCUT2D eigenvalue weighted by atomic mass is 35.5. The molecule has 0 aliphatic carbocycles. The maximum Gasteiger partial charge on any atom is 0.141 e. The van der Waals surface area contributed by atoms with Crippen LogP contribution in [0.5, 0.6) is 11.5 Å². The van der Waals surface area contributed by atoms with Gasteiger partial charge in [-0.25, -0.2) is 4.39 Å². The molecular formula is C14H13ClFNO2. The highest BCUT2D eigenvalue weighted by molar-refractivity contribution is 6.31. The van der Waals surface area contributed by atoms with Crippen LogP contribution >= 0.6 is 11.6 Å². The van der Waals surface area contributed by atoms with Crippen molar-refractivity contribution in [2.45, 2.75) is 13.0 Å². The Hall–Kier alpha value is -1.94. The normalized spacial score (nSPS) is 12.2. The average molecular weight is 282 g/mol. The van der Waals surface area contributed by atoms with Gasteiger partial charge in [-0.15, -0.1) is 0 Å². The van der Waals surface area contributed by atoms with E-state index in [4.69, 9.17) is 11.6 Å². The summed E-state index contributed by atoms with van der Waals surface area (Å²) in [6.45, 7) is 1.77. The highest BCUT2D eigenvalue weighted by Gasteiger charge is 2.15. The summed E-state index contributed by atoms with van der Waals surface area (Å²) in [7, 11) is 0. The summed E-state index contributed by atoms with van der Waals surface area (Å²) < 4.78 is 13.0. The monoisotopic (exact) mass is 281 g/mol. The van der Waals surface area contributed by atoms with Crippen molar-refractivity contribution < 1.29 is 14.6 Å². The predicted molar refractivity (Wildman–Crippen MR) is 73.2 cm³/mol. The Morgan fingerprint density at radius 3 is 2.37 bits per heavy atom. The Balaban J connectivity index is 2.25. The maximum atomic E-state index is 13.0. The zero-order valence-electron chi connectivity index (χ0n) is 10.2. The van der Waals surface area contributed by atoms with Crippen molar-refractivity contribution in [3.8, 4) is 11.5 Å². The number of phenolic OH excluding ortho intramolecular Hbond substituents is 2. The molecule has 0 saturated carbocycles. The number of rotatable bonds is 3. The van der Waals surface area contributed by atoms with E-state index in [1.807, 2.05) is 0 Å². The van der Waals surface area contributed by atoms with Gasteiger partial charge >= 0.3 is 0 Å². The van der Waals surface area contributed by atoms with E-state index < -0.39 is 5.82 Å². The molecule has 2 aromatic rings. The molecule has 1 unspecified atom stereocenters. The number of aromatic hydroxyl groups is 2. The van der Waals surface area contributed by atoms with Crippen LogP contribution < -0.4 is 5.32 Å². The zero-order chi connectivity index (χ0) is 14.0. The fourth-order valence-corrected chi connectivity index (χ4v) is 2.07. The SMILES string of the molecule is CC(Nc1ccc(F)c(Cl)c1)c1c(O)cccc1O. The third-order valence-electron chi connectivity index (χ3n) is 2.80. The van der Waals surface area contributed by atoms with Gasteiger partial charge in [-0.3, -0.25) is 0 Å². The van der Waals surface area contributed by atoms with Gasteiger partial charge in [-0.05, 0) is 37.3 Å². The first-order chi connectivity index (χ1) is 8.99. The first-order valence-electron chi connectivity index (χ1n) is 5.71. The number of halogens is 2. The van der Waals surface area contributed by atoms with E-state index in [-0.39, 0.29) is 22.6 Å². The Labute approximate surface area is 115 Å². The molecule has 0 saturated heterocycles. The summed E-state index contributed by atoms with van der Waals surface area (Å²) in [6, 6.07) is 8.41. The quantitative estimate of drug-likeness (QED) is 0.795. The van der Waals surface area contributed by atoms with Gasteiger partial charge in [0, 0.05) is 5.69 Å². The first kappa shape index (κ1) is 13.5. The molecule has 0 spiro atoms. The van der Waals surface area contributed by atoms with E-state index in [1.165, 1.54) is 30.3 Å². The van der Waals surface area contributed by atoms with Gasteiger partial charge < -0.3 is 15.5 Å². The highest BCUT2D eigenvalue weighted by Crippen LogP contribution is 2.34. The van der Waals surface area contributed by atoms with E-state index in [0.717, 1.165) is 0 Å². The second-order valence-corrected chi connectivity index (χ2v) is 4.61. The van der Waals surface area contributed by atoms with Crippen LogP contribution in [-0.4, -0.2) is 10.2 Å². The minimum absolute atomic E-state index is 0.00629. The third-order valence-corrected chi connectivity index (χ3v) is 3.09. The van der Waals surface area contributed by atoms with Crippen LogP contribution in [0.15, 0.2) is 36.4 Å². The number of anilines is 1. The predicted octanol–water partition coefficient (Wildman–Crippen LogP) is 4.06. The molecule has 0 aliphatic heterocycles. The Bertz CT molecular complexity index is 584. The molecule has 1 atom stereocenters. The van der Waals surface area contributed by atoms with Gasteiger partial charge in [-0.1, -0.05) is 17.7 Å². The van der Waals surface area contributed by atoms with Crippen LogP contribution in [0.1, 0.15) is 18.5 Å². The molecule has 0 amide bonds. The van der Waals surface area contributed by atoms with Crippen molar-refractivity contribution in [2.24, 2.45) is 0 Å². The molecule has 100 valence electrons. The molecule has 3 N–H and O–H groups in total. The number of nitrogens with one attached hydrogen (secondary N) is 1. The van der Waals surface area contributed by atoms with E-state index in [9.17, 15) is 14.6 Å². The lowest BCUT2D eigenvalue weighted by molar-refractivity contribution is 0.434. The van der Waals surface area contributed by atoms with Crippen molar-refractivity contribution in [2.75, 3.05) is 5.32 Å². The molecule has 0 aromatic heterocycles. The van der Waals surface area contributed by atoms with Crippen molar-refractivity contribution in [1.29, 1.82) is 0 Å². The average Bonchev–Trinajstić information content (AvgIpc) is 2.33. The molecular weight excluding hydrogens is 269 g/mol. The van der Waals surface area contributed by atoms with Crippen molar-refractivity contribution in [3.63, 3.8) is 0 Å². The van der Waals surface area contributed by atoms with E-state index in [0.29, 0.717) is 11.3 Å². The standard InChI is InChI=1S/C14H13ClFNO2/c1-8(14-12(18)3-2-4-13(14)19)17-9-5-6-11(16)10(15)7-9/h2-8,17-19H,1H3. The van der Waals surface area contributed by atoms with Crippen LogP contribution in [-0.2, 0) is 0 Å². The molecule has 2 aromatic carbocycles. The first-order valence-corrected chi connectivity index (χ1v) is 6.09. The minimum atomic E-state index is -0.495. The van der Waals surface area contributed by atoms with Gasteiger partial charge in [-0.2, -0.15) is 0 Å². The largest absolute Gasteiger partial charge is 0.507 e. The molecule has 0 radical (unpaired) electrons. The second kappa shape index (κ2) is 5.36. The number of hydrogen-bond acceptors (Lipinski definition) is 3. The molecule has 0 heterocycles. The summed E-state index contributed by atoms with van der Waals surface area (Å²) in [5, 5.41) is 22.6. The van der Waals surface area contributed by atoms with Gasteiger partial charge in [0.25, 0.3) is 0 Å². The summed E-state index contributed by atoms with van der Waals surface area (Å²) in [5.41, 5.74) is 0.976. The molecule has 5 heteroatoms. The molecule has 0 aliphatic rings. The van der Waals surface area contributed by atoms with Crippen LogP contribution in [0.4, 0.5) is 10.1 Å². The number of phenols is 2. The second-order valence-electron chi connectivity index (χ2n) is 4.20. The molecule has 2 rings (SSSR count). The maximum absolute atomic E-state index is 13.0. The van der Waals surface area contributed by atoms with Gasteiger partial charge in [0.2, 0.25) is 0 Å². The third kappa shape index (κ3) is 2.90. The molecule has 0 bridgehead atoms. The van der Waals surface area contributed by atoms with Crippen molar-refractivity contribution in [1.82, 2.24) is 0 Å². The van der Waals surface area contributed by atoms with Crippen molar-refractivity contribution in [3.05, 3.63) is 52.8 Å². The number of hydrogen-bond donors (Lipinski definition) is 3. The topological polar surface area (TPSA) is 52.5 Å². The Kier molecular flexibility index (Phi) is 3.81. The van der Waals surface area contributed by atoms with Gasteiger partial charge in [0.1, 0.15) is 17.3 Å². The fraction of sp³-hybridized carbons (Fsp3) is 0.143. The number of benzene rings is 2. The van der Waals surface area contributed by atoms with Crippen molar-refractivity contribution >= 4 is 17.3 Å². The lowest BCUT2D eigenvalue weighted by Gasteiger charge is -2.18. The van der Waals surface area contributed by atoms with E-state index in [2.05, 4.69) is 5.32 Å². The van der Waals surface area contributed by atoms with E-state index in [1.54, 1.807) is 13.0 Å². The smallest absolute Gasteiger partial charge is 0.141 e. The molecule has 0 fully saturated rings. The summed E-state index contributed by atoms with van der Waals surface area (Å²) in [5.74, 6) is -0.508.